The number of esters is 1. The Balaban J connectivity index is 1.90. The number of rotatable bonds is 4. The summed E-state index contributed by atoms with van der Waals surface area (Å²) in [7, 11) is 1.29. The summed E-state index contributed by atoms with van der Waals surface area (Å²) in [6, 6.07) is 10.3. The van der Waals surface area contributed by atoms with Gasteiger partial charge in [-0.25, -0.2) is 0 Å². The summed E-state index contributed by atoms with van der Waals surface area (Å²) in [4.78, 5) is 26.1. The molecule has 168 valence electrons. The smallest absolute Gasteiger partial charge is 0.316 e. The van der Waals surface area contributed by atoms with Crippen LogP contribution in [0.1, 0.15) is 31.9 Å². The molecular formula is C24H25ClN2O5. The van der Waals surface area contributed by atoms with Gasteiger partial charge in [-0.2, -0.15) is 0 Å². The number of hydrogen-bond acceptors (Lipinski definition) is 7. The molecule has 0 aromatic heterocycles. The van der Waals surface area contributed by atoms with E-state index in [1.54, 1.807) is 19.1 Å². The largest absolute Gasteiger partial charge is 0.503 e. The Labute approximate surface area is 191 Å². The van der Waals surface area contributed by atoms with Crippen LogP contribution in [0.3, 0.4) is 0 Å². The summed E-state index contributed by atoms with van der Waals surface area (Å²) in [6.45, 7) is 4.01. The maximum absolute atomic E-state index is 13.7. The van der Waals surface area contributed by atoms with Crippen LogP contribution in [-0.2, 0) is 14.3 Å². The van der Waals surface area contributed by atoms with Crippen molar-refractivity contribution in [1.29, 1.82) is 0 Å². The first-order valence-electron chi connectivity index (χ1n) is 10.5. The SMILES string of the molecule is CCOc1cc([C@@H]2Nc3ccccc3NC3=C2C(=O)[C@H](C(=O)OC)[C@H](C)C3)cc(Cl)c1O. The number of ether oxygens (including phenoxy) is 2. The second-order valence-electron chi connectivity index (χ2n) is 7.97. The highest BCUT2D eigenvalue weighted by Gasteiger charge is 2.44. The van der Waals surface area contributed by atoms with Gasteiger partial charge in [-0.15, -0.1) is 0 Å². The van der Waals surface area contributed by atoms with Crippen molar-refractivity contribution >= 4 is 34.7 Å². The summed E-state index contributed by atoms with van der Waals surface area (Å²) in [5.41, 5.74) is 3.44. The number of aromatic hydroxyl groups is 1. The Morgan fingerprint density at radius 2 is 1.97 bits per heavy atom. The first kappa shape index (κ1) is 22.0. The molecule has 0 amide bonds. The van der Waals surface area contributed by atoms with Crippen molar-refractivity contribution in [2.75, 3.05) is 24.4 Å². The van der Waals surface area contributed by atoms with Gasteiger partial charge in [-0.05, 0) is 49.1 Å². The minimum Gasteiger partial charge on any atom is -0.503 e. The predicted octanol–water partition coefficient (Wildman–Crippen LogP) is 4.68. The van der Waals surface area contributed by atoms with Crippen LogP contribution >= 0.6 is 11.6 Å². The van der Waals surface area contributed by atoms with Crippen molar-refractivity contribution in [2.45, 2.75) is 26.3 Å². The first-order chi connectivity index (χ1) is 15.3. The lowest BCUT2D eigenvalue weighted by Crippen LogP contribution is -2.39. The van der Waals surface area contributed by atoms with Gasteiger partial charge in [0.1, 0.15) is 5.92 Å². The Bertz CT molecular complexity index is 1110. The number of methoxy groups -OCH3 is 1. The van der Waals surface area contributed by atoms with Crippen molar-refractivity contribution < 1.29 is 24.2 Å². The van der Waals surface area contributed by atoms with Crippen LogP contribution in [0.2, 0.25) is 5.02 Å². The number of phenols is 1. The lowest BCUT2D eigenvalue weighted by atomic mass is 9.75. The third-order valence-electron chi connectivity index (χ3n) is 5.91. The van der Waals surface area contributed by atoms with Crippen molar-refractivity contribution in [1.82, 2.24) is 0 Å². The van der Waals surface area contributed by atoms with Gasteiger partial charge in [0.2, 0.25) is 0 Å². The number of nitrogens with one attached hydrogen (secondary N) is 2. The van der Waals surface area contributed by atoms with Crippen LogP contribution in [0.15, 0.2) is 47.7 Å². The molecule has 1 aliphatic heterocycles. The highest BCUT2D eigenvalue weighted by Crippen LogP contribution is 2.46. The van der Waals surface area contributed by atoms with Gasteiger partial charge in [-0.1, -0.05) is 30.7 Å². The minimum atomic E-state index is -0.898. The van der Waals surface area contributed by atoms with Gasteiger partial charge in [0.25, 0.3) is 0 Å². The molecule has 2 aliphatic rings. The number of carbonyl (C=O) groups is 2. The molecule has 1 heterocycles. The Morgan fingerprint density at radius 3 is 2.66 bits per heavy atom. The van der Waals surface area contributed by atoms with Crippen LogP contribution in [0, 0.1) is 11.8 Å². The van der Waals surface area contributed by atoms with E-state index in [4.69, 9.17) is 21.1 Å². The van der Waals surface area contributed by atoms with Gasteiger partial charge in [0.15, 0.2) is 17.3 Å². The number of Topliss-reactive ketones (excluding diaryl/α,β-unsaturated/α-hetero) is 1. The third kappa shape index (κ3) is 3.77. The number of fused-ring (bicyclic) bond motifs is 1. The number of benzene rings is 2. The minimum absolute atomic E-state index is 0.113. The normalized spacial score (nSPS) is 22.1. The molecule has 0 unspecified atom stereocenters. The monoisotopic (exact) mass is 456 g/mol. The van der Waals surface area contributed by atoms with E-state index in [9.17, 15) is 14.7 Å². The standard InChI is InChI=1S/C24H25ClN2O5/c1-4-32-18-11-13(10-14(25)22(18)28)21-20-17(26-15-7-5-6-8-16(15)27-21)9-12(2)19(23(20)29)24(30)31-3/h5-8,10-12,19,21,26-28H,4,9H2,1-3H3/t12-,19-,21+/m1/s1. The van der Waals surface area contributed by atoms with Gasteiger partial charge in [-0.3, -0.25) is 9.59 Å². The van der Waals surface area contributed by atoms with Crippen LogP contribution in [0.4, 0.5) is 11.4 Å². The molecule has 32 heavy (non-hydrogen) atoms. The van der Waals surface area contributed by atoms with Crippen LogP contribution < -0.4 is 15.4 Å². The third-order valence-corrected chi connectivity index (χ3v) is 6.20. The number of halogens is 1. The fraction of sp³-hybridized carbons (Fsp3) is 0.333. The van der Waals surface area contributed by atoms with Crippen LogP contribution in [-0.4, -0.2) is 30.6 Å². The fourth-order valence-electron chi connectivity index (χ4n) is 4.41. The highest BCUT2D eigenvalue weighted by molar-refractivity contribution is 6.32. The number of para-hydroxylation sites is 2. The Hall–Kier alpha value is -3.19. The van der Waals surface area contributed by atoms with E-state index in [1.165, 1.54) is 7.11 Å². The van der Waals surface area contributed by atoms with E-state index >= 15 is 0 Å². The second-order valence-corrected chi connectivity index (χ2v) is 8.38. The zero-order chi connectivity index (χ0) is 23.0. The molecule has 0 saturated heterocycles. The molecule has 4 rings (SSSR count). The molecule has 0 fully saturated rings. The lowest BCUT2D eigenvalue weighted by Gasteiger charge is -2.32. The van der Waals surface area contributed by atoms with E-state index in [0.29, 0.717) is 24.2 Å². The lowest BCUT2D eigenvalue weighted by molar-refractivity contribution is -0.151. The second kappa shape index (κ2) is 8.74. The molecule has 2 aromatic rings. The molecule has 3 N–H and O–H groups in total. The molecule has 0 spiro atoms. The Kier molecular flexibility index (Phi) is 6.02. The highest BCUT2D eigenvalue weighted by atomic mass is 35.5. The molecule has 3 atom stereocenters. The quantitative estimate of drug-likeness (QED) is 0.454. The van der Waals surface area contributed by atoms with Crippen molar-refractivity contribution in [3.63, 3.8) is 0 Å². The zero-order valence-corrected chi connectivity index (χ0v) is 18.8. The van der Waals surface area contributed by atoms with Crippen LogP contribution in [0.25, 0.3) is 0 Å². The van der Waals surface area contributed by atoms with Gasteiger partial charge < -0.3 is 25.2 Å². The fourth-order valence-corrected chi connectivity index (χ4v) is 4.63. The van der Waals surface area contributed by atoms with E-state index < -0.39 is 17.9 Å². The number of allylic oxidation sites excluding steroid dienone is 1. The number of carbonyl (C=O) groups excluding carboxylic acids is 2. The number of ketones is 1. The van der Waals surface area contributed by atoms with Gasteiger partial charge in [0, 0.05) is 11.3 Å². The number of anilines is 2. The maximum atomic E-state index is 13.7. The first-order valence-corrected chi connectivity index (χ1v) is 10.9. The van der Waals surface area contributed by atoms with Gasteiger partial charge >= 0.3 is 5.97 Å². The summed E-state index contributed by atoms with van der Waals surface area (Å²) in [5, 5.41) is 17.2. The molecule has 7 nitrogen and oxygen atoms in total. The van der Waals surface area contributed by atoms with E-state index in [2.05, 4.69) is 10.6 Å². The number of hydrogen-bond donors (Lipinski definition) is 3. The van der Waals surface area contributed by atoms with Crippen molar-refractivity contribution in [2.24, 2.45) is 11.8 Å². The molecule has 0 saturated carbocycles. The van der Waals surface area contributed by atoms with Crippen LogP contribution in [0.5, 0.6) is 11.5 Å². The van der Waals surface area contributed by atoms with Crippen molar-refractivity contribution in [3.05, 3.63) is 58.3 Å². The maximum Gasteiger partial charge on any atom is 0.316 e. The molecule has 1 aliphatic carbocycles. The Morgan fingerprint density at radius 1 is 1.25 bits per heavy atom. The molecule has 2 aromatic carbocycles. The summed E-state index contributed by atoms with van der Waals surface area (Å²) in [6.07, 6.45) is 0.498. The van der Waals surface area contributed by atoms with Crippen molar-refractivity contribution in [3.8, 4) is 11.5 Å². The average molecular weight is 457 g/mol. The summed E-state index contributed by atoms with van der Waals surface area (Å²) < 4.78 is 10.5. The van der Waals surface area contributed by atoms with E-state index in [-0.39, 0.29) is 28.2 Å². The summed E-state index contributed by atoms with van der Waals surface area (Å²) >= 11 is 6.30. The average Bonchev–Trinajstić information content (AvgIpc) is 2.93. The van der Waals surface area contributed by atoms with E-state index in [0.717, 1.165) is 17.1 Å². The molecule has 8 heteroatoms. The number of phenolic OH excluding ortho intramolecular Hbond substituents is 1. The zero-order valence-electron chi connectivity index (χ0n) is 18.1. The molecule has 0 radical (unpaired) electrons. The van der Waals surface area contributed by atoms with Gasteiger partial charge in [0.05, 0.1) is 36.2 Å². The summed E-state index contributed by atoms with van der Waals surface area (Å²) in [5.74, 6) is -1.90. The van der Waals surface area contributed by atoms with E-state index in [1.807, 2.05) is 31.2 Å². The molecule has 0 bridgehead atoms. The molecular weight excluding hydrogens is 432 g/mol. The predicted molar refractivity (Wildman–Crippen MR) is 122 cm³/mol. The topological polar surface area (TPSA) is 96.9 Å².